The number of carbonyl (C=O) groups excluding carboxylic acids is 1. The standard InChI is InChI=1S/C10H9F3O/c11-10(12,13)7-6-9(14)8-4-2-1-3-5-8/h1-5H,6-7H2. The van der Waals surface area contributed by atoms with Gasteiger partial charge in [-0.25, -0.2) is 0 Å². The molecule has 0 bridgehead atoms. The van der Waals surface area contributed by atoms with Crippen molar-refractivity contribution < 1.29 is 18.0 Å². The molecule has 76 valence electrons. The minimum Gasteiger partial charge on any atom is -0.294 e. The van der Waals surface area contributed by atoms with Crippen LogP contribution in [0.4, 0.5) is 13.2 Å². The second kappa shape index (κ2) is 4.26. The van der Waals surface area contributed by atoms with Crippen LogP contribution in [0.3, 0.4) is 0 Å². The molecule has 0 spiro atoms. The van der Waals surface area contributed by atoms with E-state index >= 15 is 0 Å². The summed E-state index contributed by atoms with van der Waals surface area (Å²) in [5.41, 5.74) is 0.330. The SMILES string of the molecule is O=C(CCC(F)(F)F)c1ccccc1. The second-order valence-corrected chi connectivity index (χ2v) is 2.90. The van der Waals surface area contributed by atoms with Crippen LogP contribution in [0.1, 0.15) is 23.2 Å². The van der Waals surface area contributed by atoms with Gasteiger partial charge in [0, 0.05) is 12.0 Å². The molecule has 0 atom stereocenters. The topological polar surface area (TPSA) is 17.1 Å². The number of halogens is 3. The summed E-state index contributed by atoms with van der Waals surface area (Å²) < 4.78 is 35.3. The number of alkyl halides is 3. The van der Waals surface area contributed by atoms with Crippen LogP contribution in [0.25, 0.3) is 0 Å². The van der Waals surface area contributed by atoms with Gasteiger partial charge >= 0.3 is 6.18 Å². The Morgan fingerprint density at radius 3 is 2.21 bits per heavy atom. The normalized spacial score (nSPS) is 11.4. The molecule has 0 N–H and O–H groups in total. The van der Waals surface area contributed by atoms with Gasteiger partial charge in [-0.15, -0.1) is 0 Å². The molecular formula is C10H9F3O. The average Bonchev–Trinajstić information content (AvgIpc) is 2.14. The van der Waals surface area contributed by atoms with Gasteiger partial charge < -0.3 is 0 Å². The maximum Gasteiger partial charge on any atom is 0.389 e. The fourth-order valence-electron chi connectivity index (χ4n) is 1.02. The first-order chi connectivity index (χ1) is 6.49. The molecule has 0 unspecified atom stereocenters. The molecule has 0 amide bonds. The first kappa shape index (κ1) is 10.8. The van der Waals surface area contributed by atoms with Gasteiger partial charge in [0.15, 0.2) is 5.78 Å². The third kappa shape index (κ3) is 3.60. The maximum atomic E-state index is 11.8. The Hall–Kier alpha value is -1.32. The number of hydrogen-bond donors (Lipinski definition) is 0. The highest BCUT2D eigenvalue weighted by atomic mass is 19.4. The zero-order chi connectivity index (χ0) is 10.6. The molecule has 0 heterocycles. The lowest BCUT2D eigenvalue weighted by Gasteiger charge is -2.04. The van der Waals surface area contributed by atoms with Crippen LogP contribution in [0.2, 0.25) is 0 Å². The van der Waals surface area contributed by atoms with E-state index in [2.05, 4.69) is 0 Å². The Kier molecular flexibility index (Phi) is 3.28. The van der Waals surface area contributed by atoms with Crippen molar-refractivity contribution in [2.75, 3.05) is 0 Å². The Morgan fingerprint density at radius 1 is 1.14 bits per heavy atom. The van der Waals surface area contributed by atoms with Gasteiger partial charge in [0.2, 0.25) is 0 Å². The molecular weight excluding hydrogens is 193 g/mol. The van der Waals surface area contributed by atoms with E-state index < -0.39 is 24.8 Å². The van der Waals surface area contributed by atoms with E-state index in [4.69, 9.17) is 0 Å². The zero-order valence-corrected chi connectivity index (χ0v) is 7.34. The summed E-state index contributed by atoms with van der Waals surface area (Å²) in [7, 11) is 0. The molecule has 4 heteroatoms. The van der Waals surface area contributed by atoms with E-state index in [1.807, 2.05) is 0 Å². The van der Waals surface area contributed by atoms with E-state index in [1.54, 1.807) is 18.2 Å². The van der Waals surface area contributed by atoms with E-state index in [9.17, 15) is 18.0 Å². The second-order valence-electron chi connectivity index (χ2n) is 2.90. The minimum atomic E-state index is -4.26. The van der Waals surface area contributed by atoms with E-state index in [0.29, 0.717) is 5.56 Å². The van der Waals surface area contributed by atoms with Crippen molar-refractivity contribution in [3.8, 4) is 0 Å². The van der Waals surface area contributed by atoms with Crippen molar-refractivity contribution in [3.63, 3.8) is 0 Å². The summed E-state index contributed by atoms with van der Waals surface area (Å²) in [6.07, 6.45) is -5.79. The summed E-state index contributed by atoms with van der Waals surface area (Å²) >= 11 is 0. The van der Waals surface area contributed by atoms with Crippen molar-refractivity contribution in [2.45, 2.75) is 19.0 Å². The van der Waals surface area contributed by atoms with Crippen LogP contribution in [0.5, 0.6) is 0 Å². The molecule has 14 heavy (non-hydrogen) atoms. The summed E-state index contributed by atoms with van der Waals surface area (Å²) in [6.45, 7) is 0. The van der Waals surface area contributed by atoms with Crippen molar-refractivity contribution in [1.82, 2.24) is 0 Å². The van der Waals surface area contributed by atoms with Crippen molar-refractivity contribution >= 4 is 5.78 Å². The highest BCUT2D eigenvalue weighted by Gasteiger charge is 2.27. The summed E-state index contributed by atoms with van der Waals surface area (Å²) in [5, 5.41) is 0. The van der Waals surface area contributed by atoms with Gasteiger partial charge in [-0.3, -0.25) is 4.79 Å². The Bertz CT molecular complexity index is 303. The van der Waals surface area contributed by atoms with E-state index in [-0.39, 0.29) is 0 Å². The fourth-order valence-corrected chi connectivity index (χ4v) is 1.02. The molecule has 0 aromatic heterocycles. The minimum absolute atomic E-state index is 0.330. The smallest absolute Gasteiger partial charge is 0.294 e. The Morgan fingerprint density at radius 2 is 1.71 bits per heavy atom. The molecule has 0 aliphatic rings. The third-order valence-corrected chi connectivity index (χ3v) is 1.73. The number of ketones is 1. The highest BCUT2D eigenvalue weighted by molar-refractivity contribution is 5.95. The van der Waals surface area contributed by atoms with E-state index in [1.165, 1.54) is 12.1 Å². The molecule has 1 aromatic rings. The van der Waals surface area contributed by atoms with Crippen LogP contribution in [-0.2, 0) is 0 Å². The Balaban J connectivity index is 2.52. The van der Waals surface area contributed by atoms with Gasteiger partial charge in [0.1, 0.15) is 0 Å². The molecule has 1 rings (SSSR count). The van der Waals surface area contributed by atoms with Crippen LogP contribution < -0.4 is 0 Å². The fraction of sp³-hybridized carbons (Fsp3) is 0.300. The molecule has 0 aliphatic carbocycles. The van der Waals surface area contributed by atoms with Gasteiger partial charge in [0.05, 0.1) is 6.42 Å². The lowest BCUT2D eigenvalue weighted by Crippen LogP contribution is -2.10. The number of Topliss-reactive ketones (excluding diaryl/α,β-unsaturated/α-hetero) is 1. The molecule has 0 radical (unpaired) electrons. The lowest BCUT2D eigenvalue weighted by atomic mass is 10.1. The molecule has 1 nitrogen and oxygen atoms in total. The predicted octanol–water partition coefficient (Wildman–Crippen LogP) is 3.21. The molecule has 0 saturated heterocycles. The molecule has 0 saturated carbocycles. The third-order valence-electron chi connectivity index (χ3n) is 1.73. The van der Waals surface area contributed by atoms with Crippen molar-refractivity contribution in [1.29, 1.82) is 0 Å². The van der Waals surface area contributed by atoms with Crippen molar-refractivity contribution in [3.05, 3.63) is 35.9 Å². The van der Waals surface area contributed by atoms with Crippen LogP contribution >= 0.6 is 0 Å². The monoisotopic (exact) mass is 202 g/mol. The molecule has 1 aromatic carbocycles. The van der Waals surface area contributed by atoms with Crippen LogP contribution in [0, 0.1) is 0 Å². The van der Waals surface area contributed by atoms with E-state index in [0.717, 1.165) is 0 Å². The highest BCUT2D eigenvalue weighted by Crippen LogP contribution is 2.22. The van der Waals surface area contributed by atoms with Crippen molar-refractivity contribution in [2.24, 2.45) is 0 Å². The predicted molar refractivity (Wildman–Crippen MR) is 46.1 cm³/mol. The molecule has 0 fully saturated rings. The first-order valence-electron chi connectivity index (χ1n) is 4.14. The molecule has 0 aliphatic heterocycles. The largest absolute Gasteiger partial charge is 0.389 e. The van der Waals surface area contributed by atoms with Crippen LogP contribution in [-0.4, -0.2) is 12.0 Å². The van der Waals surface area contributed by atoms with Gasteiger partial charge in [-0.1, -0.05) is 30.3 Å². The summed E-state index contributed by atoms with van der Waals surface area (Å²) in [6, 6.07) is 7.99. The maximum absolute atomic E-state index is 11.8. The van der Waals surface area contributed by atoms with Crippen LogP contribution in [0.15, 0.2) is 30.3 Å². The quantitative estimate of drug-likeness (QED) is 0.688. The number of rotatable bonds is 3. The number of benzene rings is 1. The summed E-state index contributed by atoms with van der Waals surface area (Å²) in [5.74, 6) is -0.470. The number of hydrogen-bond acceptors (Lipinski definition) is 1. The first-order valence-corrected chi connectivity index (χ1v) is 4.14. The van der Waals surface area contributed by atoms with Gasteiger partial charge in [-0.05, 0) is 0 Å². The average molecular weight is 202 g/mol. The lowest BCUT2D eigenvalue weighted by molar-refractivity contribution is -0.133. The summed E-state index contributed by atoms with van der Waals surface area (Å²) in [4.78, 5) is 11.2. The number of carbonyl (C=O) groups is 1. The van der Waals surface area contributed by atoms with Gasteiger partial charge in [-0.2, -0.15) is 13.2 Å². The Labute approximate surface area is 79.5 Å². The van der Waals surface area contributed by atoms with Gasteiger partial charge in [0.25, 0.3) is 0 Å². The zero-order valence-electron chi connectivity index (χ0n) is 7.34.